The molecule has 0 bridgehead atoms. The molecule has 0 saturated carbocycles. The minimum atomic E-state index is 0.303. The molecule has 0 N–H and O–H groups in total. The zero-order valence-corrected chi connectivity index (χ0v) is 12.5. The Morgan fingerprint density at radius 3 is 2.00 bits per heavy atom. The van der Waals surface area contributed by atoms with Gasteiger partial charge in [-0.3, -0.25) is 4.79 Å². The van der Waals surface area contributed by atoms with Crippen LogP contribution >= 0.6 is 0 Å². The third kappa shape index (κ3) is 9.46. The van der Waals surface area contributed by atoms with Crippen molar-refractivity contribution in [2.24, 2.45) is 0 Å². The lowest BCUT2D eigenvalue weighted by Crippen LogP contribution is -2.32. The molecule has 108 valence electrons. The molecule has 0 aliphatic heterocycles. The number of hydrogen-bond acceptors (Lipinski definition) is 2. The molecular weight excluding hydrogens is 226 g/mol. The van der Waals surface area contributed by atoms with Crippen LogP contribution in [-0.2, 0) is 9.53 Å². The van der Waals surface area contributed by atoms with Crippen LogP contribution in [0.25, 0.3) is 0 Å². The van der Waals surface area contributed by atoms with Gasteiger partial charge in [0.2, 0.25) is 5.91 Å². The van der Waals surface area contributed by atoms with Gasteiger partial charge in [-0.25, -0.2) is 0 Å². The summed E-state index contributed by atoms with van der Waals surface area (Å²) in [6.07, 6.45) is 7.06. The molecule has 0 radical (unpaired) electrons. The lowest BCUT2D eigenvalue weighted by Gasteiger charge is -2.22. The fraction of sp³-hybridized carbons (Fsp3) is 0.933. The van der Waals surface area contributed by atoms with E-state index in [1.165, 1.54) is 0 Å². The smallest absolute Gasteiger partial charge is 0.222 e. The van der Waals surface area contributed by atoms with E-state index in [0.29, 0.717) is 12.3 Å². The Morgan fingerprint density at radius 1 is 0.889 bits per heavy atom. The predicted octanol–water partition coefficient (Wildman–Crippen LogP) is 3.62. The van der Waals surface area contributed by atoms with E-state index >= 15 is 0 Å². The number of ether oxygens (including phenoxy) is 1. The van der Waals surface area contributed by atoms with Gasteiger partial charge in [0, 0.05) is 32.7 Å². The van der Waals surface area contributed by atoms with Crippen LogP contribution in [0.5, 0.6) is 0 Å². The summed E-state index contributed by atoms with van der Waals surface area (Å²) in [6.45, 7) is 9.80. The van der Waals surface area contributed by atoms with Crippen LogP contribution in [0, 0.1) is 0 Å². The van der Waals surface area contributed by atoms with Gasteiger partial charge in [0.1, 0.15) is 0 Å². The van der Waals surface area contributed by atoms with E-state index in [4.69, 9.17) is 4.74 Å². The molecule has 3 heteroatoms. The van der Waals surface area contributed by atoms with Gasteiger partial charge in [0.15, 0.2) is 0 Å². The number of rotatable bonds is 12. The normalized spacial score (nSPS) is 10.6. The zero-order chi connectivity index (χ0) is 13.6. The molecule has 0 aromatic heterocycles. The van der Waals surface area contributed by atoms with Gasteiger partial charge in [-0.2, -0.15) is 0 Å². The van der Waals surface area contributed by atoms with E-state index in [9.17, 15) is 4.79 Å². The molecule has 0 fully saturated rings. The molecular formula is C15H31NO2. The summed E-state index contributed by atoms with van der Waals surface area (Å²) in [6, 6.07) is 0. The van der Waals surface area contributed by atoms with Crippen LogP contribution in [-0.4, -0.2) is 37.1 Å². The lowest BCUT2D eigenvalue weighted by atomic mass is 10.2. The summed E-state index contributed by atoms with van der Waals surface area (Å²) in [5.74, 6) is 0.303. The molecule has 0 heterocycles. The molecule has 0 unspecified atom stereocenters. The van der Waals surface area contributed by atoms with Crippen molar-refractivity contribution in [2.45, 2.75) is 65.7 Å². The monoisotopic (exact) mass is 257 g/mol. The Morgan fingerprint density at radius 2 is 1.50 bits per heavy atom. The van der Waals surface area contributed by atoms with Crippen molar-refractivity contribution in [1.29, 1.82) is 0 Å². The highest BCUT2D eigenvalue weighted by molar-refractivity contribution is 5.76. The lowest BCUT2D eigenvalue weighted by molar-refractivity contribution is -0.131. The molecule has 0 aliphatic carbocycles. The van der Waals surface area contributed by atoms with E-state index in [0.717, 1.165) is 64.8 Å². The van der Waals surface area contributed by atoms with Gasteiger partial charge in [0.25, 0.3) is 0 Å². The second-order valence-corrected chi connectivity index (χ2v) is 4.80. The highest BCUT2D eigenvalue weighted by Gasteiger charge is 2.11. The second-order valence-electron chi connectivity index (χ2n) is 4.80. The summed E-state index contributed by atoms with van der Waals surface area (Å²) in [5, 5.41) is 0. The van der Waals surface area contributed by atoms with E-state index in [1.54, 1.807) is 0 Å². The Hall–Kier alpha value is -0.570. The van der Waals surface area contributed by atoms with Crippen LogP contribution in [0.2, 0.25) is 0 Å². The maximum absolute atomic E-state index is 12.1. The topological polar surface area (TPSA) is 29.5 Å². The minimum Gasteiger partial charge on any atom is -0.381 e. The Kier molecular flexibility index (Phi) is 12.5. The largest absolute Gasteiger partial charge is 0.381 e. The van der Waals surface area contributed by atoms with Gasteiger partial charge in [0.05, 0.1) is 0 Å². The van der Waals surface area contributed by atoms with Crippen LogP contribution in [0.1, 0.15) is 65.7 Å². The maximum Gasteiger partial charge on any atom is 0.222 e. The van der Waals surface area contributed by atoms with Crippen molar-refractivity contribution in [1.82, 2.24) is 4.90 Å². The molecule has 0 saturated heterocycles. The molecule has 0 aromatic carbocycles. The summed E-state index contributed by atoms with van der Waals surface area (Å²) in [4.78, 5) is 14.1. The number of unbranched alkanes of at least 4 members (excludes halogenated alkanes) is 2. The predicted molar refractivity (Wildman–Crippen MR) is 76.7 cm³/mol. The number of amides is 1. The van der Waals surface area contributed by atoms with Gasteiger partial charge in [-0.05, 0) is 25.7 Å². The van der Waals surface area contributed by atoms with Crippen LogP contribution in [0.15, 0.2) is 0 Å². The zero-order valence-electron chi connectivity index (χ0n) is 12.5. The maximum atomic E-state index is 12.1. The average molecular weight is 257 g/mol. The SMILES string of the molecule is CCCCN(CCCC)C(=O)CCCOCCC. The van der Waals surface area contributed by atoms with Crippen molar-refractivity contribution in [2.75, 3.05) is 26.3 Å². The van der Waals surface area contributed by atoms with E-state index in [-0.39, 0.29) is 0 Å². The summed E-state index contributed by atoms with van der Waals surface area (Å²) in [5.41, 5.74) is 0. The first-order valence-corrected chi connectivity index (χ1v) is 7.61. The molecule has 18 heavy (non-hydrogen) atoms. The first kappa shape index (κ1) is 17.4. The van der Waals surface area contributed by atoms with Crippen molar-refractivity contribution < 1.29 is 9.53 Å². The number of nitrogens with zero attached hydrogens (tertiary/aromatic N) is 1. The molecule has 0 aliphatic rings. The standard InChI is InChI=1S/C15H31NO2/c1-4-7-11-16(12-8-5-2)15(17)10-9-14-18-13-6-3/h4-14H2,1-3H3. The fourth-order valence-electron chi connectivity index (χ4n) is 1.79. The number of hydrogen-bond donors (Lipinski definition) is 0. The Labute approximate surface area is 113 Å². The number of carbonyl (C=O) groups excluding carboxylic acids is 1. The van der Waals surface area contributed by atoms with E-state index < -0.39 is 0 Å². The van der Waals surface area contributed by atoms with Crippen molar-refractivity contribution in [3.05, 3.63) is 0 Å². The second kappa shape index (κ2) is 12.9. The average Bonchev–Trinajstić information content (AvgIpc) is 2.38. The highest BCUT2D eigenvalue weighted by Crippen LogP contribution is 2.04. The first-order valence-electron chi connectivity index (χ1n) is 7.61. The van der Waals surface area contributed by atoms with Crippen molar-refractivity contribution in [3.63, 3.8) is 0 Å². The van der Waals surface area contributed by atoms with E-state index in [1.807, 2.05) is 4.90 Å². The number of carbonyl (C=O) groups is 1. The highest BCUT2D eigenvalue weighted by atomic mass is 16.5. The summed E-state index contributed by atoms with van der Waals surface area (Å²) < 4.78 is 5.40. The Bertz CT molecular complexity index is 187. The van der Waals surface area contributed by atoms with Gasteiger partial charge < -0.3 is 9.64 Å². The third-order valence-corrected chi connectivity index (χ3v) is 2.94. The molecule has 0 atom stereocenters. The van der Waals surface area contributed by atoms with E-state index in [2.05, 4.69) is 20.8 Å². The molecule has 3 nitrogen and oxygen atoms in total. The molecule has 0 aromatic rings. The quantitative estimate of drug-likeness (QED) is 0.500. The van der Waals surface area contributed by atoms with Crippen LogP contribution in [0.4, 0.5) is 0 Å². The minimum absolute atomic E-state index is 0.303. The van der Waals surface area contributed by atoms with Gasteiger partial charge >= 0.3 is 0 Å². The fourth-order valence-corrected chi connectivity index (χ4v) is 1.79. The molecule has 0 spiro atoms. The van der Waals surface area contributed by atoms with Gasteiger partial charge in [-0.15, -0.1) is 0 Å². The summed E-state index contributed by atoms with van der Waals surface area (Å²) in [7, 11) is 0. The van der Waals surface area contributed by atoms with Gasteiger partial charge in [-0.1, -0.05) is 33.6 Å². The van der Waals surface area contributed by atoms with Crippen LogP contribution in [0.3, 0.4) is 0 Å². The summed E-state index contributed by atoms with van der Waals surface area (Å²) >= 11 is 0. The van der Waals surface area contributed by atoms with Crippen molar-refractivity contribution >= 4 is 5.91 Å². The Balaban J connectivity index is 3.80. The molecule has 1 amide bonds. The van der Waals surface area contributed by atoms with Crippen LogP contribution < -0.4 is 0 Å². The third-order valence-electron chi connectivity index (χ3n) is 2.94. The molecule has 0 rings (SSSR count). The first-order chi connectivity index (χ1) is 8.76. The van der Waals surface area contributed by atoms with Crippen molar-refractivity contribution in [3.8, 4) is 0 Å².